The van der Waals surface area contributed by atoms with Gasteiger partial charge in [0.25, 0.3) is 0 Å². The van der Waals surface area contributed by atoms with Crippen molar-refractivity contribution in [2.45, 2.75) is 32.9 Å². The average molecular weight is 508 g/mol. The van der Waals surface area contributed by atoms with E-state index in [2.05, 4.69) is 51.7 Å². The Balaban J connectivity index is 1.18. The Bertz CT molecular complexity index is 1340. The Kier molecular flexibility index (Phi) is 8.13. The van der Waals surface area contributed by atoms with Crippen LogP contribution >= 0.6 is 0 Å². The number of hydrogen-bond donors (Lipinski definition) is 2. The second-order valence-electron chi connectivity index (χ2n) is 9.65. The van der Waals surface area contributed by atoms with E-state index in [-0.39, 0.29) is 11.8 Å². The molecule has 1 amide bonds. The quantitative estimate of drug-likeness (QED) is 0.305. The number of aromatic nitrogens is 2. The summed E-state index contributed by atoms with van der Waals surface area (Å²) < 4.78 is 5.95. The first-order valence-electron chi connectivity index (χ1n) is 13.1. The summed E-state index contributed by atoms with van der Waals surface area (Å²) in [6, 6.07) is 28.0. The van der Waals surface area contributed by atoms with Gasteiger partial charge in [0.1, 0.15) is 18.2 Å². The lowest BCUT2D eigenvalue weighted by Crippen LogP contribution is -2.43. The SMILES string of the molecule is Cc1ccc(CNC(=O)[C@H]2CCCN(c3ccnc(Nc4cccc(OCc5ccccc5)c4)n3)C2)cc1. The van der Waals surface area contributed by atoms with E-state index in [4.69, 9.17) is 9.72 Å². The zero-order valence-corrected chi connectivity index (χ0v) is 21.6. The molecule has 5 rings (SSSR count). The van der Waals surface area contributed by atoms with E-state index in [1.165, 1.54) is 5.56 Å². The van der Waals surface area contributed by atoms with Crippen molar-refractivity contribution in [1.82, 2.24) is 15.3 Å². The van der Waals surface area contributed by atoms with Crippen LogP contribution in [0.5, 0.6) is 5.75 Å². The van der Waals surface area contributed by atoms with E-state index in [9.17, 15) is 4.79 Å². The van der Waals surface area contributed by atoms with Gasteiger partial charge in [-0.3, -0.25) is 4.79 Å². The van der Waals surface area contributed by atoms with Gasteiger partial charge in [0.05, 0.1) is 5.92 Å². The van der Waals surface area contributed by atoms with Gasteiger partial charge in [-0.25, -0.2) is 4.98 Å². The van der Waals surface area contributed by atoms with E-state index in [1.54, 1.807) is 6.20 Å². The number of amides is 1. The highest BCUT2D eigenvalue weighted by molar-refractivity contribution is 5.79. The monoisotopic (exact) mass is 507 g/mol. The van der Waals surface area contributed by atoms with Gasteiger partial charge in [-0.05, 0) is 49.1 Å². The van der Waals surface area contributed by atoms with Crippen molar-refractivity contribution in [3.8, 4) is 5.75 Å². The van der Waals surface area contributed by atoms with Crippen molar-refractivity contribution < 1.29 is 9.53 Å². The van der Waals surface area contributed by atoms with E-state index >= 15 is 0 Å². The van der Waals surface area contributed by atoms with E-state index in [0.717, 1.165) is 47.8 Å². The molecule has 1 aliphatic rings. The number of nitrogens with one attached hydrogen (secondary N) is 2. The highest BCUT2D eigenvalue weighted by atomic mass is 16.5. The Morgan fingerprint density at radius 2 is 1.84 bits per heavy atom. The number of hydrogen-bond acceptors (Lipinski definition) is 6. The van der Waals surface area contributed by atoms with Crippen LogP contribution in [-0.2, 0) is 17.9 Å². The normalized spacial score (nSPS) is 15.1. The van der Waals surface area contributed by atoms with Crippen LogP contribution < -0.4 is 20.3 Å². The molecular formula is C31H33N5O2. The van der Waals surface area contributed by atoms with Crippen LogP contribution in [0.15, 0.2) is 91.1 Å². The maximum absolute atomic E-state index is 12.9. The van der Waals surface area contributed by atoms with E-state index in [1.807, 2.05) is 60.7 Å². The molecule has 7 heteroatoms. The fraction of sp³-hybridized carbons (Fsp3) is 0.258. The standard InChI is InChI=1S/C31H33N5O2/c1-23-12-14-24(15-13-23)20-33-30(37)26-9-6-18-36(21-26)29-16-17-32-31(35-29)34-27-10-5-11-28(19-27)38-22-25-7-3-2-4-8-25/h2-5,7-8,10-17,19,26H,6,9,18,20-22H2,1H3,(H,33,37)(H,32,34,35)/t26-/m0/s1. The molecule has 7 nitrogen and oxygen atoms in total. The van der Waals surface area contributed by atoms with Crippen molar-refractivity contribution in [3.63, 3.8) is 0 Å². The van der Waals surface area contributed by atoms with Gasteiger partial charge < -0.3 is 20.3 Å². The van der Waals surface area contributed by atoms with E-state index in [0.29, 0.717) is 25.6 Å². The third-order valence-corrected chi connectivity index (χ3v) is 6.68. The minimum absolute atomic E-state index is 0.0704. The van der Waals surface area contributed by atoms with Crippen LogP contribution in [-0.4, -0.2) is 29.0 Å². The Morgan fingerprint density at radius 3 is 2.68 bits per heavy atom. The third-order valence-electron chi connectivity index (χ3n) is 6.68. The summed E-state index contributed by atoms with van der Waals surface area (Å²) >= 11 is 0. The fourth-order valence-corrected chi connectivity index (χ4v) is 4.56. The van der Waals surface area contributed by atoms with Crippen LogP contribution in [0.2, 0.25) is 0 Å². The molecule has 1 aromatic heterocycles. The number of aryl methyl sites for hydroxylation is 1. The molecule has 0 spiro atoms. The number of piperidine rings is 1. The molecule has 2 heterocycles. The first kappa shape index (κ1) is 25.3. The summed E-state index contributed by atoms with van der Waals surface area (Å²) in [5, 5.41) is 6.40. The summed E-state index contributed by atoms with van der Waals surface area (Å²) in [5.74, 6) is 2.11. The fourth-order valence-electron chi connectivity index (χ4n) is 4.56. The summed E-state index contributed by atoms with van der Waals surface area (Å²) in [4.78, 5) is 24.2. The molecule has 4 aromatic rings. The lowest BCUT2D eigenvalue weighted by molar-refractivity contribution is -0.125. The number of rotatable bonds is 9. The minimum atomic E-state index is -0.0704. The zero-order chi connectivity index (χ0) is 26.2. The average Bonchev–Trinajstić information content (AvgIpc) is 2.97. The highest BCUT2D eigenvalue weighted by Crippen LogP contribution is 2.25. The second-order valence-corrected chi connectivity index (χ2v) is 9.65. The van der Waals surface area contributed by atoms with Crippen LogP contribution in [0, 0.1) is 12.8 Å². The number of ether oxygens (including phenoxy) is 1. The van der Waals surface area contributed by atoms with Crippen molar-refractivity contribution in [3.05, 3.63) is 108 Å². The number of carbonyl (C=O) groups is 1. The van der Waals surface area contributed by atoms with Gasteiger partial charge in [-0.15, -0.1) is 0 Å². The maximum atomic E-state index is 12.9. The number of carbonyl (C=O) groups excluding carboxylic acids is 1. The second kappa shape index (κ2) is 12.2. The number of benzene rings is 3. The smallest absolute Gasteiger partial charge is 0.229 e. The first-order valence-corrected chi connectivity index (χ1v) is 13.1. The van der Waals surface area contributed by atoms with E-state index < -0.39 is 0 Å². The molecule has 3 aromatic carbocycles. The van der Waals surface area contributed by atoms with Gasteiger partial charge in [-0.1, -0.05) is 66.2 Å². The summed E-state index contributed by atoms with van der Waals surface area (Å²) in [7, 11) is 0. The number of nitrogens with zero attached hydrogens (tertiary/aromatic N) is 3. The van der Waals surface area contributed by atoms with Crippen LogP contribution in [0.25, 0.3) is 0 Å². The zero-order valence-electron chi connectivity index (χ0n) is 21.6. The van der Waals surface area contributed by atoms with Crippen LogP contribution in [0.3, 0.4) is 0 Å². The molecule has 2 N–H and O–H groups in total. The molecule has 0 radical (unpaired) electrons. The first-order chi connectivity index (χ1) is 18.6. The molecular weight excluding hydrogens is 474 g/mol. The predicted molar refractivity (Wildman–Crippen MR) is 150 cm³/mol. The van der Waals surface area contributed by atoms with Gasteiger partial charge in [0.2, 0.25) is 11.9 Å². The van der Waals surface area contributed by atoms with Crippen LogP contribution in [0.4, 0.5) is 17.5 Å². The third kappa shape index (κ3) is 6.88. The molecule has 0 bridgehead atoms. The molecule has 38 heavy (non-hydrogen) atoms. The lowest BCUT2D eigenvalue weighted by atomic mass is 9.97. The van der Waals surface area contributed by atoms with Crippen molar-refractivity contribution in [2.75, 3.05) is 23.3 Å². The van der Waals surface area contributed by atoms with Gasteiger partial charge in [0, 0.05) is 37.6 Å². The number of anilines is 3. The topological polar surface area (TPSA) is 79.4 Å². The van der Waals surface area contributed by atoms with Gasteiger partial charge >= 0.3 is 0 Å². The Hall–Kier alpha value is -4.39. The molecule has 1 saturated heterocycles. The molecule has 0 unspecified atom stereocenters. The minimum Gasteiger partial charge on any atom is -0.489 e. The van der Waals surface area contributed by atoms with Crippen molar-refractivity contribution >= 4 is 23.4 Å². The largest absolute Gasteiger partial charge is 0.489 e. The van der Waals surface area contributed by atoms with Crippen LogP contribution in [0.1, 0.15) is 29.5 Å². The highest BCUT2D eigenvalue weighted by Gasteiger charge is 2.26. The summed E-state index contributed by atoms with van der Waals surface area (Å²) in [5.41, 5.74) is 4.29. The van der Waals surface area contributed by atoms with Crippen molar-refractivity contribution in [2.24, 2.45) is 5.92 Å². The van der Waals surface area contributed by atoms with Gasteiger partial charge in [0.15, 0.2) is 0 Å². The molecule has 0 aliphatic carbocycles. The maximum Gasteiger partial charge on any atom is 0.229 e. The summed E-state index contributed by atoms with van der Waals surface area (Å²) in [6.07, 6.45) is 3.57. The molecule has 0 saturated carbocycles. The molecule has 1 fully saturated rings. The lowest BCUT2D eigenvalue weighted by Gasteiger charge is -2.33. The molecule has 1 atom stereocenters. The Labute approximate surface area is 223 Å². The predicted octanol–water partition coefficient (Wildman–Crippen LogP) is 5.64. The summed E-state index contributed by atoms with van der Waals surface area (Å²) in [6.45, 7) is 4.61. The van der Waals surface area contributed by atoms with Gasteiger partial charge in [-0.2, -0.15) is 4.98 Å². The Morgan fingerprint density at radius 1 is 1.00 bits per heavy atom. The molecule has 194 valence electrons. The molecule has 1 aliphatic heterocycles. The van der Waals surface area contributed by atoms with Crippen molar-refractivity contribution in [1.29, 1.82) is 0 Å².